The molecule has 1 aromatic rings. The summed E-state index contributed by atoms with van der Waals surface area (Å²) in [5.41, 5.74) is 0.960. The van der Waals surface area contributed by atoms with E-state index in [0.717, 1.165) is 5.56 Å². The van der Waals surface area contributed by atoms with Crippen LogP contribution < -0.4 is 5.14 Å². The summed E-state index contributed by atoms with van der Waals surface area (Å²) in [5, 5.41) is 4.96. The molecular weight excluding hydrogens is 252 g/mol. The summed E-state index contributed by atoms with van der Waals surface area (Å²) in [4.78, 5) is 0. The summed E-state index contributed by atoms with van der Waals surface area (Å²) >= 11 is 0.530. The molecule has 0 heterocycles. The minimum absolute atomic E-state index is 0.279. The molecule has 3 nitrogen and oxygen atoms in total. The van der Waals surface area contributed by atoms with Crippen LogP contribution in [0.3, 0.4) is 0 Å². The molecule has 0 saturated carbocycles. The summed E-state index contributed by atoms with van der Waals surface area (Å²) in [6, 6.07) is 9.48. The van der Waals surface area contributed by atoms with Gasteiger partial charge in [0.25, 0.3) is 0 Å². The Morgan fingerprint density at radius 2 is 1.86 bits per heavy atom. The van der Waals surface area contributed by atoms with Gasteiger partial charge >= 0.3 is 92.9 Å². The van der Waals surface area contributed by atoms with Crippen LogP contribution in [0.1, 0.15) is 5.56 Å². The third kappa shape index (κ3) is 3.62. The molecule has 0 atom stereocenters. The first-order valence-corrected chi connectivity index (χ1v) is 6.98. The fourth-order valence-electron chi connectivity index (χ4n) is 0.848. The van der Waals surface area contributed by atoms with Crippen LogP contribution in [0.4, 0.5) is 0 Å². The zero-order valence-electron chi connectivity index (χ0n) is 7.55. The zero-order chi connectivity index (χ0) is 10.6. The zero-order valence-corrected chi connectivity index (χ0v) is 11.3. The maximum absolute atomic E-state index is 10.9. The average Bonchev–Trinajstić information content (AvgIpc) is 2.14. The van der Waals surface area contributed by atoms with Gasteiger partial charge in [-0.05, 0) is 0 Å². The summed E-state index contributed by atoms with van der Waals surface area (Å²) in [6.45, 7) is 0. The van der Waals surface area contributed by atoms with Gasteiger partial charge in [0.05, 0.1) is 0 Å². The first kappa shape index (κ1) is 11.4. The van der Waals surface area contributed by atoms with Crippen LogP contribution in [0.25, 0.3) is 6.08 Å². The molecule has 0 spiro atoms. The van der Waals surface area contributed by atoms with Crippen molar-refractivity contribution in [3.8, 4) is 0 Å². The molecule has 0 saturated heterocycles. The van der Waals surface area contributed by atoms with Crippen molar-refractivity contribution in [3.63, 3.8) is 0 Å². The van der Waals surface area contributed by atoms with Gasteiger partial charge in [0.2, 0.25) is 0 Å². The molecule has 0 aliphatic heterocycles. The van der Waals surface area contributed by atoms with Gasteiger partial charge in [0, 0.05) is 0 Å². The maximum atomic E-state index is 10.9. The van der Waals surface area contributed by atoms with Gasteiger partial charge in [0.15, 0.2) is 0 Å². The van der Waals surface area contributed by atoms with Gasteiger partial charge in [-0.15, -0.1) is 0 Å². The molecular formula is C9H9NO2SZn. The Morgan fingerprint density at radius 1 is 1.29 bits per heavy atom. The van der Waals surface area contributed by atoms with Crippen molar-refractivity contribution >= 4 is 19.5 Å². The SMILES string of the molecule is NS(=O)(=O)[C](=[Zn])/C=C\c1ccccc1. The van der Waals surface area contributed by atoms with E-state index in [0.29, 0.717) is 17.9 Å². The minimum atomic E-state index is -3.49. The molecule has 0 radical (unpaired) electrons. The molecule has 2 N–H and O–H groups in total. The molecule has 0 amide bonds. The summed E-state index contributed by atoms with van der Waals surface area (Å²) in [6.07, 6.45) is 3.29. The van der Waals surface area contributed by atoms with Crippen molar-refractivity contribution in [2.45, 2.75) is 0 Å². The van der Waals surface area contributed by atoms with Crippen LogP contribution in [-0.4, -0.2) is 11.9 Å². The second kappa shape index (κ2) is 4.73. The van der Waals surface area contributed by atoms with Crippen molar-refractivity contribution < 1.29 is 26.3 Å². The Kier molecular flexibility index (Phi) is 3.87. The predicted octanol–water partition coefficient (Wildman–Crippen LogP) is 0.665. The molecule has 0 aliphatic rings. The molecule has 14 heavy (non-hydrogen) atoms. The van der Waals surface area contributed by atoms with E-state index in [9.17, 15) is 8.42 Å². The van der Waals surface area contributed by atoms with Crippen LogP contribution in [0.15, 0.2) is 36.4 Å². The molecule has 0 aliphatic carbocycles. The monoisotopic (exact) mass is 259 g/mol. The van der Waals surface area contributed by atoms with Crippen molar-refractivity contribution in [2.75, 3.05) is 0 Å². The third-order valence-electron chi connectivity index (χ3n) is 1.63. The summed E-state index contributed by atoms with van der Waals surface area (Å²) in [7, 11) is -3.49. The molecule has 0 aromatic heterocycles. The Hall–Kier alpha value is -0.637. The van der Waals surface area contributed by atoms with Crippen molar-refractivity contribution in [1.29, 1.82) is 0 Å². The fourth-order valence-corrected chi connectivity index (χ4v) is 1.35. The van der Waals surface area contributed by atoms with Gasteiger partial charge < -0.3 is 0 Å². The predicted molar refractivity (Wildman–Crippen MR) is 53.6 cm³/mol. The summed E-state index contributed by atoms with van der Waals surface area (Å²) < 4.78 is 22.0. The number of nitrogens with two attached hydrogens (primary N) is 1. The van der Waals surface area contributed by atoms with E-state index in [-0.39, 0.29) is 3.44 Å². The van der Waals surface area contributed by atoms with Crippen molar-refractivity contribution in [2.24, 2.45) is 5.14 Å². The first-order valence-electron chi connectivity index (χ1n) is 3.95. The van der Waals surface area contributed by atoms with Gasteiger partial charge in [-0.1, -0.05) is 0 Å². The van der Waals surface area contributed by atoms with Crippen LogP contribution in [-0.2, 0) is 27.9 Å². The topological polar surface area (TPSA) is 60.2 Å². The van der Waals surface area contributed by atoms with E-state index in [4.69, 9.17) is 5.14 Å². The van der Waals surface area contributed by atoms with Gasteiger partial charge in [-0.25, -0.2) is 0 Å². The Labute approximate surface area is 92.9 Å². The number of hydrogen-bond donors (Lipinski definition) is 1. The Balaban J connectivity index is 2.81. The number of benzene rings is 1. The number of hydrogen-bond acceptors (Lipinski definition) is 2. The molecule has 1 aromatic carbocycles. The van der Waals surface area contributed by atoms with Crippen LogP contribution in [0, 0.1) is 0 Å². The molecule has 0 fully saturated rings. The quantitative estimate of drug-likeness (QED) is 0.812. The third-order valence-corrected chi connectivity index (χ3v) is 5.52. The van der Waals surface area contributed by atoms with Gasteiger partial charge in [-0.3, -0.25) is 0 Å². The first-order chi connectivity index (χ1) is 6.50. The van der Waals surface area contributed by atoms with E-state index < -0.39 is 10.0 Å². The van der Waals surface area contributed by atoms with Crippen LogP contribution in [0.5, 0.6) is 0 Å². The standard InChI is InChI=1S/C9H9NO2S.Zn/c10-13(11,12)8-4-7-9-5-2-1-3-6-9;/h1-7H,(H2,10,11,12);/b7-4-;. The number of rotatable bonds is 3. The Morgan fingerprint density at radius 3 is 2.36 bits per heavy atom. The van der Waals surface area contributed by atoms with Crippen LogP contribution >= 0.6 is 0 Å². The molecule has 0 bridgehead atoms. The van der Waals surface area contributed by atoms with E-state index in [1.165, 1.54) is 0 Å². The number of sulfonamides is 1. The molecule has 1 rings (SSSR count). The summed E-state index contributed by atoms with van der Waals surface area (Å²) in [5.74, 6) is 0. The van der Waals surface area contributed by atoms with E-state index in [2.05, 4.69) is 0 Å². The average molecular weight is 261 g/mol. The fraction of sp³-hybridized carbons (Fsp3) is 0. The van der Waals surface area contributed by atoms with E-state index in [1.54, 1.807) is 12.2 Å². The molecule has 0 unspecified atom stereocenters. The normalized spacial score (nSPS) is 11.9. The van der Waals surface area contributed by atoms with Crippen LogP contribution in [0.2, 0.25) is 0 Å². The van der Waals surface area contributed by atoms with Crippen molar-refractivity contribution in [3.05, 3.63) is 42.0 Å². The van der Waals surface area contributed by atoms with Crippen molar-refractivity contribution in [1.82, 2.24) is 0 Å². The molecule has 5 heteroatoms. The van der Waals surface area contributed by atoms with E-state index >= 15 is 0 Å². The van der Waals surface area contributed by atoms with Gasteiger partial charge in [0.1, 0.15) is 0 Å². The van der Waals surface area contributed by atoms with E-state index in [1.807, 2.05) is 30.3 Å². The second-order valence-electron chi connectivity index (χ2n) is 2.76. The van der Waals surface area contributed by atoms with Gasteiger partial charge in [-0.2, -0.15) is 0 Å². The second-order valence-corrected chi connectivity index (χ2v) is 7.04. The molecule has 70 valence electrons. The Bertz CT molecular complexity index is 451. The number of primary sulfonamides is 1.